The van der Waals surface area contributed by atoms with E-state index in [2.05, 4.69) is 25.6 Å². The van der Waals surface area contributed by atoms with Gasteiger partial charge >= 0.3 is 0 Å². The normalized spacial score (nSPS) is 11.1. The Balaban J connectivity index is 1.46. The Morgan fingerprint density at radius 1 is 1.08 bits per heavy atom. The molecule has 0 saturated heterocycles. The summed E-state index contributed by atoms with van der Waals surface area (Å²) >= 11 is 6.48. The van der Waals surface area contributed by atoms with Crippen LogP contribution >= 0.6 is 11.6 Å². The summed E-state index contributed by atoms with van der Waals surface area (Å²) in [6.45, 7) is 4.74. The number of aromatic nitrogens is 3. The van der Waals surface area contributed by atoms with E-state index >= 15 is 0 Å². The molecule has 0 fully saturated rings. The molecule has 184 valence electrons. The second-order valence-electron chi connectivity index (χ2n) is 7.85. The van der Waals surface area contributed by atoms with Crippen LogP contribution in [-0.2, 0) is 9.53 Å². The first-order chi connectivity index (χ1) is 17.5. The Morgan fingerprint density at radius 2 is 1.97 bits per heavy atom. The molecule has 4 aromatic rings. The van der Waals surface area contributed by atoms with Gasteiger partial charge < -0.3 is 20.1 Å². The Labute approximate surface area is 214 Å². The van der Waals surface area contributed by atoms with Crippen molar-refractivity contribution < 1.29 is 14.3 Å². The number of carbonyl (C=O) groups is 1. The number of aryl methyl sites for hydroxylation is 1. The van der Waals surface area contributed by atoms with Crippen molar-refractivity contribution in [1.29, 1.82) is 0 Å². The van der Waals surface area contributed by atoms with Crippen LogP contribution in [0.4, 0.5) is 11.5 Å². The van der Waals surface area contributed by atoms with E-state index in [1.165, 1.54) is 6.33 Å². The van der Waals surface area contributed by atoms with Crippen LogP contribution in [0.2, 0.25) is 5.02 Å². The van der Waals surface area contributed by atoms with Crippen LogP contribution in [0.3, 0.4) is 0 Å². The first-order valence-electron chi connectivity index (χ1n) is 11.4. The van der Waals surface area contributed by atoms with Crippen LogP contribution in [-0.4, -0.2) is 40.6 Å². The van der Waals surface area contributed by atoms with E-state index in [0.29, 0.717) is 35.5 Å². The zero-order valence-corrected chi connectivity index (χ0v) is 20.7. The van der Waals surface area contributed by atoms with Crippen LogP contribution in [0.5, 0.6) is 11.5 Å². The number of nitrogens with zero attached hydrogens (tertiary/aromatic N) is 3. The lowest BCUT2D eigenvalue weighted by atomic mass is 10.1. The van der Waals surface area contributed by atoms with Gasteiger partial charge in [-0.1, -0.05) is 29.8 Å². The molecule has 0 aliphatic rings. The largest absolute Gasteiger partial charge is 0.454 e. The van der Waals surface area contributed by atoms with Gasteiger partial charge in [-0.15, -0.1) is 0 Å². The molecule has 0 aliphatic heterocycles. The molecular formula is C27H26ClN5O3. The fourth-order valence-electron chi connectivity index (χ4n) is 3.33. The number of rotatable bonds is 10. The molecule has 8 nitrogen and oxygen atoms in total. The van der Waals surface area contributed by atoms with Crippen LogP contribution in [0, 0.1) is 6.92 Å². The predicted octanol–water partition coefficient (Wildman–Crippen LogP) is 5.69. The maximum Gasteiger partial charge on any atom is 0.246 e. The van der Waals surface area contributed by atoms with Crippen molar-refractivity contribution in [2.24, 2.45) is 0 Å². The van der Waals surface area contributed by atoms with Gasteiger partial charge in [-0.05, 0) is 61.9 Å². The maximum atomic E-state index is 11.6. The van der Waals surface area contributed by atoms with E-state index in [9.17, 15) is 4.79 Å². The average Bonchev–Trinajstić information content (AvgIpc) is 2.88. The first kappa shape index (κ1) is 25.1. The van der Waals surface area contributed by atoms with Gasteiger partial charge in [0.05, 0.1) is 16.7 Å². The summed E-state index contributed by atoms with van der Waals surface area (Å²) in [6, 6.07) is 15.0. The fourth-order valence-corrected chi connectivity index (χ4v) is 3.55. The Morgan fingerprint density at radius 3 is 2.75 bits per heavy atom. The third-order valence-corrected chi connectivity index (χ3v) is 5.43. The van der Waals surface area contributed by atoms with Gasteiger partial charge in [0.15, 0.2) is 0 Å². The highest BCUT2D eigenvalue weighted by Gasteiger charge is 2.09. The third-order valence-electron chi connectivity index (χ3n) is 5.13. The summed E-state index contributed by atoms with van der Waals surface area (Å²) in [6.07, 6.45) is 6.98. The Hall–Kier alpha value is -4.01. The molecule has 2 aromatic carbocycles. The zero-order valence-electron chi connectivity index (χ0n) is 20.0. The number of halogens is 1. The molecule has 36 heavy (non-hydrogen) atoms. The summed E-state index contributed by atoms with van der Waals surface area (Å²) in [4.78, 5) is 24.7. The fraction of sp³-hybridized carbons (Fsp3) is 0.185. The van der Waals surface area contributed by atoms with E-state index in [1.807, 2.05) is 62.4 Å². The van der Waals surface area contributed by atoms with Crippen LogP contribution in [0.25, 0.3) is 17.0 Å². The number of carbonyl (C=O) groups excluding carboxylic acids is 1. The molecule has 0 radical (unpaired) electrons. The highest BCUT2D eigenvalue weighted by molar-refractivity contribution is 6.32. The summed E-state index contributed by atoms with van der Waals surface area (Å²) < 4.78 is 10.9. The molecule has 2 N–H and O–H groups in total. The molecule has 2 heterocycles. The molecule has 0 atom stereocenters. The van der Waals surface area contributed by atoms with Crippen molar-refractivity contribution in [3.8, 4) is 11.5 Å². The number of pyridine rings is 1. The van der Waals surface area contributed by atoms with Gasteiger partial charge in [-0.25, -0.2) is 9.97 Å². The number of amides is 1. The van der Waals surface area contributed by atoms with Crippen LogP contribution < -0.4 is 15.4 Å². The minimum absolute atomic E-state index is 0.0625. The van der Waals surface area contributed by atoms with E-state index in [0.717, 1.165) is 27.8 Å². The molecule has 0 bridgehead atoms. The van der Waals surface area contributed by atoms with E-state index in [-0.39, 0.29) is 12.5 Å². The number of ether oxygens (including phenoxy) is 2. The minimum Gasteiger partial charge on any atom is -0.454 e. The maximum absolute atomic E-state index is 11.6. The number of benzene rings is 2. The van der Waals surface area contributed by atoms with Gasteiger partial charge in [-0.2, -0.15) is 0 Å². The van der Waals surface area contributed by atoms with Gasteiger partial charge in [0, 0.05) is 29.9 Å². The molecular weight excluding hydrogens is 478 g/mol. The molecule has 0 spiro atoms. The van der Waals surface area contributed by atoms with Crippen LogP contribution in [0.1, 0.15) is 18.2 Å². The van der Waals surface area contributed by atoms with Crippen molar-refractivity contribution in [3.63, 3.8) is 0 Å². The van der Waals surface area contributed by atoms with Crippen molar-refractivity contribution in [2.75, 3.05) is 25.1 Å². The van der Waals surface area contributed by atoms with Crippen LogP contribution in [0.15, 0.2) is 67.1 Å². The summed E-state index contributed by atoms with van der Waals surface area (Å²) in [5.41, 5.74) is 3.42. The van der Waals surface area contributed by atoms with Gasteiger partial charge in [0.2, 0.25) is 5.91 Å². The highest BCUT2D eigenvalue weighted by Crippen LogP contribution is 2.33. The smallest absolute Gasteiger partial charge is 0.246 e. The summed E-state index contributed by atoms with van der Waals surface area (Å²) in [5.74, 6) is 1.64. The Bertz CT molecular complexity index is 1380. The van der Waals surface area contributed by atoms with Gasteiger partial charge in [0.1, 0.15) is 30.3 Å². The van der Waals surface area contributed by atoms with Crippen molar-refractivity contribution in [3.05, 3.63) is 83.4 Å². The molecule has 0 saturated carbocycles. The zero-order chi connectivity index (χ0) is 25.3. The second kappa shape index (κ2) is 12.1. The predicted molar refractivity (Wildman–Crippen MR) is 142 cm³/mol. The summed E-state index contributed by atoms with van der Waals surface area (Å²) in [5, 5.41) is 7.40. The van der Waals surface area contributed by atoms with E-state index in [1.54, 1.807) is 18.3 Å². The molecule has 1 amide bonds. The molecule has 4 rings (SSSR count). The SMILES string of the molecule is CCOCC(=O)NC/C=C/c1ccc2ncnc(Nc3ccc(Oc4ccc(C)nc4)c(Cl)c3)c2c1. The molecule has 0 unspecified atom stereocenters. The second-order valence-corrected chi connectivity index (χ2v) is 8.26. The topological polar surface area (TPSA) is 98.3 Å². The first-order valence-corrected chi connectivity index (χ1v) is 11.8. The lowest BCUT2D eigenvalue weighted by molar-refractivity contribution is -0.125. The minimum atomic E-state index is -0.148. The average molecular weight is 504 g/mol. The van der Waals surface area contributed by atoms with Gasteiger partial charge in [-0.3, -0.25) is 9.78 Å². The van der Waals surface area contributed by atoms with E-state index in [4.69, 9.17) is 21.1 Å². The standard InChI is InChI=1S/C27H26ClN5O3/c1-3-35-16-26(34)29-12-4-5-19-7-10-24-22(13-19)27(32-17-31-24)33-20-8-11-25(23(28)14-20)36-21-9-6-18(2)30-15-21/h4-11,13-15,17H,3,12,16H2,1-2H3,(H,29,34)(H,31,32,33)/b5-4+. The number of hydrogen-bond donors (Lipinski definition) is 2. The van der Waals surface area contributed by atoms with Crippen molar-refractivity contribution in [1.82, 2.24) is 20.3 Å². The molecule has 2 aromatic heterocycles. The van der Waals surface area contributed by atoms with Gasteiger partial charge in [0.25, 0.3) is 0 Å². The lowest BCUT2D eigenvalue weighted by Gasteiger charge is -2.12. The quantitative estimate of drug-likeness (QED) is 0.287. The number of anilines is 2. The third kappa shape index (κ3) is 6.78. The number of fused-ring (bicyclic) bond motifs is 1. The van der Waals surface area contributed by atoms with Crippen molar-refractivity contribution in [2.45, 2.75) is 13.8 Å². The van der Waals surface area contributed by atoms with Crippen molar-refractivity contribution >= 4 is 46.0 Å². The highest BCUT2D eigenvalue weighted by atomic mass is 35.5. The summed E-state index contributed by atoms with van der Waals surface area (Å²) in [7, 11) is 0. The molecule has 9 heteroatoms. The monoisotopic (exact) mass is 503 g/mol. The lowest BCUT2D eigenvalue weighted by Crippen LogP contribution is -2.27. The number of hydrogen-bond acceptors (Lipinski definition) is 7. The molecule has 0 aliphatic carbocycles. The van der Waals surface area contributed by atoms with E-state index < -0.39 is 0 Å². The Kier molecular flexibility index (Phi) is 8.44. The number of nitrogens with one attached hydrogen (secondary N) is 2.